The number of hydrogen-bond donors (Lipinski definition) is 1. The van der Waals surface area contributed by atoms with Crippen molar-refractivity contribution >= 4 is 33.3 Å². The maximum Gasteiger partial charge on any atom is 0.246 e. The van der Waals surface area contributed by atoms with Gasteiger partial charge >= 0.3 is 0 Å². The summed E-state index contributed by atoms with van der Waals surface area (Å²) < 4.78 is 6.11. The molecule has 1 N–H and O–H groups in total. The van der Waals surface area contributed by atoms with E-state index >= 15 is 0 Å². The Hall–Kier alpha value is -3.66. The molecule has 0 saturated carbocycles. The van der Waals surface area contributed by atoms with Gasteiger partial charge in [-0.2, -0.15) is 0 Å². The maximum atomic E-state index is 12.7. The van der Waals surface area contributed by atoms with E-state index in [2.05, 4.69) is 32.4 Å². The predicted octanol–water partition coefficient (Wildman–Crippen LogP) is 4.46. The fraction of sp³-hybridized carbons (Fsp3) is 0.310. The summed E-state index contributed by atoms with van der Waals surface area (Å²) in [4.78, 5) is 32.2. The summed E-state index contributed by atoms with van der Waals surface area (Å²) in [5, 5.41) is 4.70. The lowest BCUT2D eigenvalue weighted by molar-refractivity contribution is -0.126. The highest BCUT2D eigenvalue weighted by atomic mass is 32.1. The van der Waals surface area contributed by atoms with Crippen molar-refractivity contribution in [1.82, 2.24) is 24.8 Å². The molecule has 0 saturated heterocycles. The van der Waals surface area contributed by atoms with Crippen molar-refractivity contribution in [3.63, 3.8) is 0 Å². The number of aromatic nitrogens is 3. The van der Waals surface area contributed by atoms with E-state index in [4.69, 9.17) is 4.74 Å². The molecule has 0 fully saturated rings. The number of nitrogens with one attached hydrogen (secondary N) is 1. The third-order valence-electron chi connectivity index (χ3n) is 6.47. The number of fused-ring (bicyclic) bond motifs is 3. The molecule has 0 radical (unpaired) electrons. The molecule has 1 aliphatic rings. The van der Waals surface area contributed by atoms with Crippen molar-refractivity contribution in [3.05, 3.63) is 94.9 Å². The van der Waals surface area contributed by atoms with E-state index in [0.717, 1.165) is 40.1 Å². The molecule has 196 valence electrons. The summed E-state index contributed by atoms with van der Waals surface area (Å²) in [6, 6.07) is 14.1. The zero-order chi connectivity index (χ0) is 26.3. The Morgan fingerprint density at radius 3 is 2.87 bits per heavy atom. The SMILES string of the molecule is CN(C)CC=CC(=O)N1CCc2c(sc3ncnc(N[C@H](COCc4cccnc4)c4ccccc4)c23)C1. The number of nitrogens with zero attached hydrogens (tertiary/aromatic N) is 5. The zero-order valence-electron chi connectivity index (χ0n) is 21.7. The third kappa shape index (κ3) is 6.24. The minimum atomic E-state index is -0.0926. The maximum absolute atomic E-state index is 12.7. The quantitative estimate of drug-likeness (QED) is 0.304. The summed E-state index contributed by atoms with van der Waals surface area (Å²) in [5.41, 5.74) is 3.39. The van der Waals surface area contributed by atoms with E-state index in [1.807, 2.05) is 66.5 Å². The number of hydrogen-bond acceptors (Lipinski definition) is 8. The van der Waals surface area contributed by atoms with Gasteiger partial charge in [-0.05, 0) is 43.3 Å². The molecule has 5 rings (SSSR count). The number of benzene rings is 1. The van der Waals surface area contributed by atoms with Gasteiger partial charge in [0, 0.05) is 36.4 Å². The van der Waals surface area contributed by atoms with E-state index < -0.39 is 0 Å². The van der Waals surface area contributed by atoms with Crippen LogP contribution in [0.15, 0.2) is 73.3 Å². The highest BCUT2D eigenvalue weighted by Crippen LogP contribution is 2.38. The normalized spacial score (nSPS) is 14.2. The molecule has 1 amide bonds. The van der Waals surface area contributed by atoms with Gasteiger partial charge in [0.25, 0.3) is 0 Å². The van der Waals surface area contributed by atoms with E-state index in [1.54, 1.807) is 29.9 Å². The first-order valence-electron chi connectivity index (χ1n) is 12.7. The molecular weight excluding hydrogens is 496 g/mol. The van der Waals surface area contributed by atoms with Crippen LogP contribution in [-0.2, 0) is 29.1 Å². The molecule has 4 heterocycles. The average Bonchev–Trinajstić information content (AvgIpc) is 3.32. The van der Waals surface area contributed by atoms with Gasteiger partial charge in [0.05, 0.1) is 31.2 Å². The number of amides is 1. The molecule has 1 aromatic carbocycles. The lowest BCUT2D eigenvalue weighted by atomic mass is 10.0. The number of thiophene rings is 1. The number of ether oxygens (including phenoxy) is 1. The van der Waals surface area contributed by atoms with Gasteiger partial charge in [0.2, 0.25) is 5.91 Å². The van der Waals surface area contributed by atoms with E-state index in [-0.39, 0.29) is 11.9 Å². The summed E-state index contributed by atoms with van der Waals surface area (Å²) in [7, 11) is 3.97. The molecule has 0 spiro atoms. The lowest BCUT2D eigenvalue weighted by Gasteiger charge is -2.26. The molecule has 0 unspecified atom stereocenters. The number of carbonyl (C=O) groups is 1. The van der Waals surface area contributed by atoms with Crippen molar-refractivity contribution in [1.29, 1.82) is 0 Å². The van der Waals surface area contributed by atoms with Crippen LogP contribution in [0.5, 0.6) is 0 Å². The Morgan fingerprint density at radius 2 is 2.08 bits per heavy atom. The monoisotopic (exact) mass is 528 g/mol. The van der Waals surface area contributed by atoms with Gasteiger partial charge in [0.1, 0.15) is 17.0 Å². The molecule has 1 aliphatic heterocycles. The number of likely N-dealkylation sites (N-methyl/N-ethyl adjacent to an activating group) is 1. The van der Waals surface area contributed by atoms with E-state index in [1.165, 1.54) is 10.4 Å². The molecule has 8 nitrogen and oxygen atoms in total. The van der Waals surface area contributed by atoms with Crippen molar-refractivity contribution in [2.75, 3.05) is 39.1 Å². The number of rotatable bonds is 10. The van der Waals surface area contributed by atoms with Crippen molar-refractivity contribution < 1.29 is 9.53 Å². The lowest BCUT2D eigenvalue weighted by Crippen LogP contribution is -2.34. The molecule has 0 aliphatic carbocycles. The first-order chi connectivity index (χ1) is 18.6. The molecule has 38 heavy (non-hydrogen) atoms. The molecule has 0 bridgehead atoms. The van der Waals surface area contributed by atoms with Crippen LogP contribution in [-0.4, -0.2) is 64.5 Å². The van der Waals surface area contributed by atoms with Crippen LogP contribution in [0.4, 0.5) is 5.82 Å². The van der Waals surface area contributed by atoms with Crippen molar-refractivity contribution in [2.45, 2.75) is 25.6 Å². The number of pyridine rings is 1. The summed E-state index contributed by atoms with van der Waals surface area (Å²) in [6.45, 7) is 2.97. The first kappa shape index (κ1) is 26.0. The third-order valence-corrected chi connectivity index (χ3v) is 7.59. The van der Waals surface area contributed by atoms with Crippen LogP contribution < -0.4 is 5.32 Å². The largest absolute Gasteiger partial charge is 0.374 e. The van der Waals surface area contributed by atoms with Gasteiger partial charge in [0.15, 0.2) is 0 Å². The summed E-state index contributed by atoms with van der Waals surface area (Å²) >= 11 is 1.65. The van der Waals surface area contributed by atoms with E-state index in [9.17, 15) is 4.79 Å². The fourth-order valence-corrected chi connectivity index (χ4v) is 5.75. The van der Waals surface area contributed by atoms with Crippen LogP contribution in [0.1, 0.15) is 27.6 Å². The Labute approximate surface area is 227 Å². The minimum Gasteiger partial charge on any atom is -0.374 e. The summed E-state index contributed by atoms with van der Waals surface area (Å²) in [6.07, 6.45) is 9.56. The predicted molar refractivity (Wildman–Crippen MR) is 151 cm³/mol. The number of anilines is 1. The highest BCUT2D eigenvalue weighted by molar-refractivity contribution is 7.19. The Balaban J connectivity index is 1.35. The molecule has 1 atom stereocenters. The van der Waals surface area contributed by atoms with Crippen LogP contribution in [0.2, 0.25) is 0 Å². The zero-order valence-corrected chi connectivity index (χ0v) is 22.5. The average molecular weight is 529 g/mol. The molecular formula is C29H32N6O2S. The van der Waals surface area contributed by atoms with Gasteiger partial charge in [-0.15, -0.1) is 11.3 Å². The second kappa shape index (κ2) is 12.3. The van der Waals surface area contributed by atoms with Gasteiger partial charge < -0.3 is 19.9 Å². The molecule has 3 aromatic heterocycles. The van der Waals surface area contributed by atoms with Crippen LogP contribution in [0, 0.1) is 0 Å². The first-order valence-corrected chi connectivity index (χ1v) is 13.5. The Morgan fingerprint density at radius 1 is 1.21 bits per heavy atom. The van der Waals surface area contributed by atoms with Crippen molar-refractivity contribution in [2.24, 2.45) is 0 Å². The number of carbonyl (C=O) groups excluding carboxylic acids is 1. The Bertz CT molecular complexity index is 1390. The summed E-state index contributed by atoms with van der Waals surface area (Å²) in [5.74, 6) is 0.853. The van der Waals surface area contributed by atoms with Gasteiger partial charge in [-0.25, -0.2) is 9.97 Å². The fourth-order valence-electron chi connectivity index (χ4n) is 4.54. The smallest absolute Gasteiger partial charge is 0.246 e. The highest BCUT2D eigenvalue weighted by Gasteiger charge is 2.26. The topological polar surface area (TPSA) is 83.5 Å². The molecule has 4 aromatic rings. The standard InChI is InChI=1S/C29H32N6O2S/c1-34(2)14-7-11-26(36)35-15-12-23-25(17-35)38-29-27(23)28(31-20-32-29)33-24(22-9-4-3-5-10-22)19-37-18-21-8-6-13-30-16-21/h3-11,13,16,20,24H,12,14-15,17-19H2,1-2H3,(H,31,32,33)/t24-/m1/s1. The van der Waals surface area contributed by atoms with Gasteiger partial charge in [-0.1, -0.05) is 42.5 Å². The van der Waals surface area contributed by atoms with Crippen LogP contribution >= 0.6 is 11.3 Å². The van der Waals surface area contributed by atoms with E-state index in [0.29, 0.717) is 26.3 Å². The second-order valence-electron chi connectivity index (χ2n) is 9.56. The minimum absolute atomic E-state index is 0.0503. The van der Waals surface area contributed by atoms with Gasteiger partial charge in [-0.3, -0.25) is 9.78 Å². The second-order valence-corrected chi connectivity index (χ2v) is 10.6. The molecule has 9 heteroatoms. The van der Waals surface area contributed by atoms with Crippen LogP contribution in [0.3, 0.4) is 0 Å². The van der Waals surface area contributed by atoms with Crippen LogP contribution in [0.25, 0.3) is 10.2 Å². The van der Waals surface area contributed by atoms with Crippen molar-refractivity contribution in [3.8, 4) is 0 Å². The Kier molecular flexibility index (Phi) is 8.37.